The van der Waals surface area contributed by atoms with E-state index in [1.165, 1.54) is 45.7 Å². The Labute approximate surface area is 107 Å². The number of nitrogens with two attached hydrogens (primary N) is 1. The first-order valence-electron chi connectivity index (χ1n) is 7.08. The Balaban J connectivity index is 2.19. The molecule has 0 saturated carbocycles. The highest BCUT2D eigenvalue weighted by atomic mass is 15.3. The maximum Gasteiger partial charge on any atom is 0.0110 e. The fourth-order valence-electron chi connectivity index (χ4n) is 2.27. The summed E-state index contributed by atoms with van der Waals surface area (Å²) in [7, 11) is 0. The van der Waals surface area contributed by atoms with Gasteiger partial charge in [0.15, 0.2) is 0 Å². The van der Waals surface area contributed by atoms with Gasteiger partial charge in [-0.2, -0.15) is 0 Å². The summed E-state index contributed by atoms with van der Waals surface area (Å²) in [5.74, 6) is 0.790. The van der Waals surface area contributed by atoms with E-state index in [1.54, 1.807) is 0 Å². The van der Waals surface area contributed by atoms with E-state index < -0.39 is 0 Å². The third-order valence-corrected chi connectivity index (χ3v) is 3.75. The summed E-state index contributed by atoms with van der Waals surface area (Å²) in [6, 6.07) is 0. The molecule has 0 bridgehead atoms. The van der Waals surface area contributed by atoms with Crippen molar-refractivity contribution >= 4 is 0 Å². The standard InChI is InChI=1S/C14H31N3/c1-13(2)11-17-9-7-16(8-10-17)6-5-14(3,4)12-15/h13H,5-12,15H2,1-4H3. The lowest BCUT2D eigenvalue weighted by Gasteiger charge is -2.37. The van der Waals surface area contributed by atoms with Gasteiger partial charge < -0.3 is 15.5 Å². The van der Waals surface area contributed by atoms with Crippen LogP contribution in [0.5, 0.6) is 0 Å². The average molecular weight is 241 g/mol. The summed E-state index contributed by atoms with van der Waals surface area (Å²) < 4.78 is 0. The van der Waals surface area contributed by atoms with Crippen molar-refractivity contribution < 1.29 is 0 Å². The van der Waals surface area contributed by atoms with E-state index in [9.17, 15) is 0 Å². The molecule has 1 aliphatic rings. The highest BCUT2D eigenvalue weighted by Crippen LogP contribution is 2.19. The van der Waals surface area contributed by atoms with E-state index in [-0.39, 0.29) is 0 Å². The summed E-state index contributed by atoms with van der Waals surface area (Å²) in [5, 5.41) is 0. The van der Waals surface area contributed by atoms with Crippen LogP contribution in [0.1, 0.15) is 34.1 Å². The van der Waals surface area contributed by atoms with E-state index in [0.717, 1.165) is 12.5 Å². The lowest BCUT2D eigenvalue weighted by molar-refractivity contribution is 0.111. The minimum Gasteiger partial charge on any atom is -0.330 e. The van der Waals surface area contributed by atoms with Crippen molar-refractivity contribution in [2.75, 3.05) is 45.8 Å². The molecule has 3 heteroatoms. The molecule has 0 aliphatic carbocycles. The monoisotopic (exact) mass is 241 g/mol. The van der Waals surface area contributed by atoms with Gasteiger partial charge in [-0.1, -0.05) is 27.7 Å². The molecule has 0 aromatic rings. The van der Waals surface area contributed by atoms with E-state index in [1.807, 2.05) is 0 Å². The van der Waals surface area contributed by atoms with Crippen LogP contribution in [0.4, 0.5) is 0 Å². The maximum atomic E-state index is 5.77. The van der Waals surface area contributed by atoms with Crippen molar-refractivity contribution in [1.29, 1.82) is 0 Å². The van der Waals surface area contributed by atoms with E-state index in [0.29, 0.717) is 5.41 Å². The number of nitrogens with zero attached hydrogens (tertiary/aromatic N) is 2. The predicted molar refractivity (Wildman–Crippen MR) is 75.2 cm³/mol. The van der Waals surface area contributed by atoms with Gasteiger partial charge in [0, 0.05) is 32.7 Å². The molecule has 0 aromatic carbocycles. The molecule has 1 rings (SSSR count). The first-order chi connectivity index (χ1) is 7.93. The molecule has 0 aromatic heterocycles. The van der Waals surface area contributed by atoms with Crippen LogP contribution in [0.25, 0.3) is 0 Å². The third-order valence-electron chi connectivity index (χ3n) is 3.75. The molecule has 1 fully saturated rings. The quantitative estimate of drug-likeness (QED) is 0.767. The lowest BCUT2D eigenvalue weighted by atomic mass is 9.89. The van der Waals surface area contributed by atoms with Crippen molar-refractivity contribution in [3.63, 3.8) is 0 Å². The Kier molecular flexibility index (Phi) is 5.90. The Hall–Kier alpha value is -0.120. The number of rotatable bonds is 6. The fraction of sp³-hybridized carbons (Fsp3) is 1.00. The molecular weight excluding hydrogens is 210 g/mol. The molecule has 1 aliphatic heterocycles. The Morgan fingerprint density at radius 1 is 1.06 bits per heavy atom. The SMILES string of the molecule is CC(C)CN1CCN(CCC(C)(C)CN)CC1. The zero-order valence-electron chi connectivity index (χ0n) is 12.2. The molecule has 102 valence electrons. The zero-order valence-corrected chi connectivity index (χ0v) is 12.2. The van der Waals surface area contributed by atoms with Crippen LogP contribution < -0.4 is 5.73 Å². The van der Waals surface area contributed by atoms with Crippen LogP contribution >= 0.6 is 0 Å². The molecule has 3 nitrogen and oxygen atoms in total. The molecule has 0 spiro atoms. The predicted octanol–water partition coefficient (Wildman–Crippen LogP) is 1.64. The van der Waals surface area contributed by atoms with Crippen LogP contribution in [-0.4, -0.2) is 55.6 Å². The summed E-state index contributed by atoms with van der Waals surface area (Å²) in [5.41, 5.74) is 6.07. The van der Waals surface area contributed by atoms with E-state index >= 15 is 0 Å². The van der Waals surface area contributed by atoms with Gasteiger partial charge in [-0.05, 0) is 30.8 Å². The molecule has 1 saturated heterocycles. The van der Waals surface area contributed by atoms with Crippen molar-refractivity contribution in [3.8, 4) is 0 Å². The van der Waals surface area contributed by atoms with Crippen LogP contribution in [0.3, 0.4) is 0 Å². The fourth-order valence-corrected chi connectivity index (χ4v) is 2.27. The first kappa shape index (κ1) is 14.9. The zero-order chi connectivity index (χ0) is 12.9. The number of piperazine rings is 1. The van der Waals surface area contributed by atoms with Crippen molar-refractivity contribution in [2.24, 2.45) is 17.1 Å². The second kappa shape index (κ2) is 6.72. The highest BCUT2D eigenvalue weighted by molar-refractivity contribution is 4.76. The molecule has 0 radical (unpaired) electrons. The summed E-state index contributed by atoms with van der Waals surface area (Å²) in [6.07, 6.45) is 1.22. The molecule has 0 atom stereocenters. The van der Waals surface area contributed by atoms with Gasteiger partial charge in [0.05, 0.1) is 0 Å². The second-order valence-electron chi connectivity index (χ2n) is 6.65. The molecule has 1 heterocycles. The van der Waals surface area contributed by atoms with Gasteiger partial charge in [0.2, 0.25) is 0 Å². The number of hydrogen-bond acceptors (Lipinski definition) is 3. The van der Waals surface area contributed by atoms with Gasteiger partial charge in [-0.25, -0.2) is 0 Å². The maximum absolute atomic E-state index is 5.77. The summed E-state index contributed by atoms with van der Waals surface area (Å²) >= 11 is 0. The van der Waals surface area contributed by atoms with Gasteiger partial charge in [0.25, 0.3) is 0 Å². The molecule has 17 heavy (non-hydrogen) atoms. The minimum absolute atomic E-state index is 0.301. The second-order valence-corrected chi connectivity index (χ2v) is 6.65. The van der Waals surface area contributed by atoms with Crippen LogP contribution in [-0.2, 0) is 0 Å². The van der Waals surface area contributed by atoms with Gasteiger partial charge in [0.1, 0.15) is 0 Å². The lowest BCUT2D eigenvalue weighted by Crippen LogP contribution is -2.48. The van der Waals surface area contributed by atoms with Gasteiger partial charge >= 0.3 is 0 Å². The first-order valence-corrected chi connectivity index (χ1v) is 7.08. The average Bonchev–Trinajstić information content (AvgIpc) is 2.28. The Morgan fingerprint density at radius 3 is 2.06 bits per heavy atom. The molecular formula is C14H31N3. The minimum atomic E-state index is 0.301. The van der Waals surface area contributed by atoms with Crippen LogP contribution in [0.2, 0.25) is 0 Å². The summed E-state index contributed by atoms with van der Waals surface area (Å²) in [4.78, 5) is 5.18. The third kappa shape index (κ3) is 5.84. The van der Waals surface area contributed by atoms with Crippen molar-refractivity contribution in [3.05, 3.63) is 0 Å². The smallest absolute Gasteiger partial charge is 0.0110 e. The van der Waals surface area contributed by atoms with Gasteiger partial charge in [-0.3, -0.25) is 0 Å². The number of hydrogen-bond donors (Lipinski definition) is 1. The van der Waals surface area contributed by atoms with Gasteiger partial charge in [-0.15, -0.1) is 0 Å². The molecule has 0 amide bonds. The van der Waals surface area contributed by atoms with Crippen LogP contribution in [0.15, 0.2) is 0 Å². The van der Waals surface area contributed by atoms with Crippen LogP contribution in [0, 0.1) is 11.3 Å². The Morgan fingerprint density at radius 2 is 1.59 bits per heavy atom. The largest absolute Gasteiger partial charge is 0.330 e. The normalized spacial score (nSPS) is 20.1. The van der Waals surface area contributed by atoms with E-state index in [4.69, 9.17) is 5.73 Å². The topological polar surface area (TPSA) is 32.5 Å². The highest BCUT2D eigenvalue weighted by Gasteiger charge is 2.20. The van der Waals surface area contributed by atoms with Crippen molar-refractivity contribution in [1.82, 2.24) is 9.80 Å². The summed E-state index contributed by atoms with van der Waals surface area (Å²) in [6.45, 7) is 17.3. The van der Waals surface area contributed by atoms with E-state index in [2.05, 4.69) is 37.5 Å². The molecule has 2 N–H and O–H groups in total. The molecule has 0 unspecified atom stereocenters. The Bertz CT molecular complexity index is 206. The van der Waals surface area contributed by atoms with Crippen molar-refractivity contribution in [2.45, 2.75) is 34.1 Å².